The van der Waals surface area contributed by atoms with E-state index in [0.29, 0.717) is 28.7 Å². The number of carboxylic acids is 2. The zero-order valence-electron chi connectivity index (χ0n) is 37.7. The summed E-state index contributed by atoms with van der Waals surface area (Å²) in [6.07, 6.45) is 4.32. The SMILES string of the molecule is CCCCC(CCSc1ccc(OCC(=O)O)c(C)c1)c1sc2cc(F)ccc2c1C.CCCCC(CCSc1ccc(OCC(=O)O)c(C)c1)c1sc2ccc(C(F)(F)F)cc2c1C. The number of unbranched alkanes of at least 4 members (excludes halogenated alkanes) is 2. The smallest absolute Gasteiger partial charge is 0.416 e. The first-order chi connectivity index (χ1) is 31.0. The quantitative estimate of drug-likeness (QED) is 0.0513. The second-order valence-electron chi connectivity index (χ2n) is 16.2. The number of carbonyl (C=O) groups is 2. The zero-order valence-corrected chi connectivity index (χ0v) is 41.0. The lowest BCUT2D eigenvalue weighted by Gasteiger charge is -2.17. The second kappa shape index (κ2) is 24.5. The van der Waals surface area contributed by atoms with Crippen LogP contribution in [-0.4, -0.2) is 46.9 Å². The Morgan fingerprint density at radius 2 is 1.12 bits per heavy atom. The second-order valence-corrected chi connectivity index (χ2v) is 20.7. The van der Waals surface area contributed by atoms with Gasteiger partial charge in [-0.25, -0.2) is 14.0 Å². The summed E-state index contributed by atoms with van der Waals surface area (Å²) < 4.78 is 65.8. The fraction of sp³-hybridized carbons (Fsp3) is 0.412. The molecule has 0 aliphatic heterocycles. The summed E-state index contributed by atoms with van der Waals surface area (Å²) in [5.41, 5.74) is 3.49. The highest BCUT2D eigenvalue weighted by Gasteiger charge is 2.31. The molecule has 4 aromatic carbocycles. The fourth-order valence-corrected chi connectivity index (χ4v) is 12.7. The molecule has 2 unspecified atom stereocenters. The number of alkyl halides is 3. The van der Waals surface area contributed by atoms with E-state index >= 15 is 0 Å². The maximum atomic E-state index is 13.7. The van der Waals surface area contributed by atoms with Gasteiger partial charge in [-0.1, -0.05) is 45.6 Å². The molecule has 0 spiro atoms. The van der Waals surface area contributed by atoms with Crippen LogP contribution in [0.5, 0.6) is 11.5 Å². The molecule has 0 fully saturated rings. The van der Waals surface area contributed by atoms with Gasteiger partial charge in [-0.15, -0.1) is 46.2 Å². The normalized spacial score (nSPS) is 12.5. The Balaban J connectivity index is 0.000000245. The van der Waals surface area contributed by atoms with E-state index < -0.39 is 23.7 Å². The molecule has 6 aromatic rings. The first-order valence-electron chi connectivity index (χ1n) is 21.9. The summed E-state index contributed by atoms with van der Waals surface area (Å²) in [7, 11) is 0. The number of carboxylic acid groups (broad SMARTS) is 2. The van der Waals surface area contributed by atoms with Crippen molar-refractivity contribution >= 4 is 78.3 Å². The summed E-state index contributed by atoms with van der Waals surface area (Å²) in [5, 5.41) is 19.4. The van der Waals surface area contributed by atoms with Gasteiger partial charge in [-0.2, -0.15) is 13.2 Å². The molecule has 2 aromatic heterocycles. The van der Waals surface area contributed by atoms with Crippen molar-refractivity contribution < 1.29 is 46.8 Å². The van der Waals surface area contributed by atoms with Crippen molar-refractivity contribution in [3.63, 3.8) is 0 Å². The molecule has 0 saturated carbocycles. The van der Waals surface area contributed by atoms with Gasteiger partial charge in [0.15, 0.2) is 13.2 Å². The van der Waals surface area contributed by atoms with Crippen LogP contribution in [0.1, 0.15) is 115 Å². The zero-order chi connectivity index (χ0) is 47.3. The van der Waals surface area contributed by atoms with E-state index in [1.807, 2.05) is 62.9 Å². The van der Waals surface area contributed by atoms with Crippen LogP contribution >= 0.6 is 46.2 Å². The van der Waals surface area contributed by atoms with E-state index in [4.69, 9.17) is 19.7 Å². The van der Waals surface area contributed by atoms with Gasteiger partial charge in [0.25, 0.3) is 0 Å². The van der Waals surface area contributed by atoms with Crippen molar-refractivity contribution in [2.45, 2.75) is 121 Å². The molecule has 0 radical (unpaired) electrons. The Hall–Kier alpha value is -4.24. The maximum absolute atomic E-state index is 13.7. The molecule has 0 amide bonds. The first kappa shape index (κ1) is 51.7. The molecule has 350 valence electrons. The van der Waals surface area contributed by atoms with Crippen LogP contribution in [0.4, 0.5) is 17.6 Å². The molecule has 2 atom stereocenters. The van der Waals surface area contributed by atoms with E-state index in [1.165, 1.54) is 45.7 Å². The minimum Gasteiger partial charge on any atom is -0.482 e. The molecule has 65 heavy (non-hydrogen) atoms. The van der Waals surface area contributed by atoms with Crippen molar-refractivity contribution in [2.75, 3.05) is 24.7 Å². The standard InChI is InChI=1S/C26H29F3O3S2.C25H29FO3S2/c1-4-5-6-18(11-12-33-20-8-9-22(16(2)13-20)32-15-24(30)31)25-17(3)21-14-19(26(27,28)29)7-10-23(21)34-25;1-4-5-6-18(25-17(3)21-9-7-19(26)14-23(21)31-25)11-12-30-20-8-10-22(16(2)13-20)29-15-24(27)28/h7-10,13-14,18H,4-6,11-12,15H2,1-3H3,(H,30,31);7-10,13-14,18H,4-6,11-12,15H2,1-3H3,(H,27,28). The molecular weight excluding hydrogens is 913 g/mol. The molecule has 6 nitrogen and oxygen atoms in total. The summed E-state index contributed by atoms with van der Waals surface area (Å²) in [5.74, 6) is 1.66. The van der Waals surface area contributed by atoms with Crippen molar-refractivity contribution in [1.29, 1.82) is 0 Å². The Morgan fingerprint density at radius 3 is 1.58 bits per heavy atom. The van der Waals surface area contributed by atoms with Gasteiger partial charge in [-0.05, 0) is 176 Å². The summed E-state index contributed by atoms with van der Waals surface area (Å²) >= 11 is 6.90. The lowest BCUT2D eigenvalue weighted by molar-refractivity contribution is -0.140. The maximum Gasteiger partial charge on any atom is 0.416 e. The topological polar surface area (TPSA) is 93.1 Å². The molecule has 0 bridgehead atoms. The van der Waals surface area contributed by atoms with Crippen molar-refractivity contribution in [3.8, 4) is 11.5 Å². The minimum absolute atomic E-state index is 0.174. The number of aliphatic carboxylic acids is 2. The van der Waals surface area contributed by atoms with Gasteiger partial charge in [0.2, 0.25) is 0 Å². The molecule has 2 N–H and O–H groups in total. The van der Waals surface area contributed by atoms with Crippen LogP contribution in [0.3, 0.4) is 0 Å². The number of halogens is 4. The number of aryl methyl sites for hydroxylation is 4. The van der Waals surface area contributed by atoms with Crippen molar-refractivity contribution in [1.82, 2.24) is 0 Å². The highest BCUT2D eigenvalue weighted by atomic mass is 32.2. The lowest BCUT2D eigenvalue weighted by Crippen LogP contribution is -2.10. The summed E-state index contributed by atoms with van der Waals surface area (Å²) in [6, 6.07) is 20.8. The average molecular weight is 971 g/mol. The molecule has 0 aliphatic carbocycles. The number of hydrogen-bond donors (Lipinski definition) is 2. The number of benzene rings is 4. The predicted molar refractivity (Wildman–Crippen MR) is 262 cm³/mol. The number of hydrogen-bond acceptors (Lipinski definition) is 8. The Morgan fingerprint density at radius 1 is 0.631 bits per heavy atom. The Kier molecular flexibility index (Phi) is 19.5. The van der Waals surface area contributed by atoms with Crippen molar-refractivity contribution in [3.05, 3.63) is 116 Å². The third-order valence-corrected chi connectivity index (χ3v) is 16.2. The van der Waals surface area contributed by atoms with E-state index in [2.05, 4.69) is 26.8 Å². The fourth-order valence-electron chi connectivity index (χ4n) is 7.79. The lowest BCUT2D eigenvalue weighted by atomic mass is 9.94. The van der Waals surface area contributed by atoms with Gasteiger partial charge in [0, 0.05) is 28.9 Å². The number of thioether (sulfide) groups is 2. The monoisotopic (exact) mass is 970 g/mol. The minimum atomic E-state index is -4.34. The molecule has 2 heterocycles. The number of rotatable bonds is 22. The Bertz CT molecular complexity index is 2530. The predicted octanol–water partition coefficient (Wildman–Crippen LogP) is 16.0. The average Bonchev–Trinajstić information content (AvgIpc) is 3.76. The highest BCUT2D eigenvalue weighted by Crippen LogP contribution is 2.43. The van der Waals surface area contributed by atoms with Gasteiger partial charge in [0.1, 0.15) is 17.3 Å². The number of thiophene rings is 2. The first-order valence-corrected chi connectivity index (χ1v) is 25.5. The third-order valence-electron chi connectivity index (χ3n) is 11.3. The van der Waals surface area contributed by atoms with Crippen LogP contribution in [0.15, 0.2) is 82.6 Å². The number of ether oxygens (including phenoxy) is 2. The highest BCUT2D eigenvalue weighted by molar-refractivity contribution is 7.99. The van der Waals surface area contributed by atoms with Crippen LogP contribution in [-0.2, 0) is 15.8 Å². The van der Waals surface area contributed by atoms with Crippen LogP contribution in [0.25, 0.3) is 20.2 Å². The Labute approximate surface area is 396 Å². The molecular formula is C51H58F4O6S4. The van der Waals surface area contributed by atoms with Gasteiger partial charge in [0.05, 0.1) is 5.56 Å². The molecule has 0 aliphatic rings. The summed E-state index contributed by atoms with van der Waals surface area (Å²) in [4.78, 5) is 26.2. The third kappa shape index (κ3) is 14.9. The molecule has 0 saturated heterocycles. The van der Waals surface area contributed by atoms with E-state index in [9.17, 15) is 27.2 Å². The molecule has 6 rings (SSSR count). The van der Waals surface area contributed by atoms with E-state index in [0.717, 1.165) is 85.9 Å². The van der Waals surface area contributed by atoms with Crippen LogP contribution < -0.4 is 9.47 Å². The van der Waals surface area contributed by atoms with Gasteiger partial charge >= 0.3 is 18.1 Å². The summed E-state index contributed by atoms with van der Waals surface area (Å²) in [6.45, 7) is 11.6. The van der Waals surface area contributed by atoms with E-state index in [1.54, 1.807) is 58.7 Å². The van der Waals surface area contributed by atoms with Crippen molar-refractivity contribution in [2.24, 2.45) is 0 Å². The van der Waals surface area contributed by atoms with Crippen LogP contribution in [0.2, 0.25) is 0 Å². The number of fused-ring (bicyclic) bond motifs is 2. The van der Waals surface area contributed by atoms with Gasteiger partial charge < -0.3 is 19.7 Å². The van der Waals surface area contributed by atoms with Crippen LogP contribution in [0, 0.1) is 33.5 Å². The van der Waals surface area contributed by atoms with Gasteiger partial charge in [-0.3, -0.25) is 0 Å². The largest absolute Gasteiger partial charge is 0.482 e. The molecule has 14 heteroatoms. The van der Waals surface area contributed by atoms with E-state index in [-0.39, 0.29) is 19.0 Å².